The van der Waals surface area contributed by atoms with E-state index in [1.54, 1.807) is 38.5 Å². The highest BCUT2D eigenvalue weighted by molar-refractivity contribution is 7.86. The molecule has 0 bridgehead atoms. The van der Waals surface area contributed by atoms with Crippen LogP contribution in [0.4, 0.5) is 0 Å². The smallest absolute Gasteiger partial charge is 0.273 e. The maximum absolute atomic E-state index is 12.2. The number of hydrogen-bond donors (Lipinski definition) is 0. The Morgan fingerprint density at radius 1 is 1.32 bits per heavy atom. The number of hydrogen-bond acceptors (Lipinski definition) is 5. The Labute approximate surface area is 129 Å². The first-order valence-corrected chi connectivity index (χ1v) is 8.21. The van der Waals surface area contributed by atoms with Crippen LogP contribution in [0.2, 0.25) is 0 Å². The highest BCUT2D eigenvalue weighted by Crippen LogP contribution is 2.15. The van der Waals surface area contributed by atoms with Crippen molar-refractivity contribution in [2.24, 2.45) is 0 Å². The zero-order chi connectivity index (χ0) is 16.3. The third-order valence-electron chi connectivity index (χ3n) is 3.18. The molecule has 2 rings (SSSR count). The normalized spacial score (nSPS) is 11.6. The summed E-state index contributed by atoms with van der Waals surface area (Å²) in [6, 6.07) is 7.15. The van der Waals surface area contributed by atoms with Crippen LogP contribution in [-0.2, 0) is 20.8 Å². The van der Waals surface area contributed by atoms with Crippen LogP contribution < -0.4 is 4.68 Å². The molecule has 0 aliphatic rings. The van der Waals surface area contributed by atoms with Crippen molar-refractivity contribution in [3.05, 3.63) is 36.0 Å². The topological polar surface area (TPSA) is 80.5 Å². The van der Waals surface area contributed by atoms with Crippen molar-refractivity contribution in [2.75, 3.05) is 27.0 Å². The molecule has 0 atom stereocenters. The van der Waals surface area contributed by atoms with Gasteiger partial charge in [0.25, 0.3) is 16.0 Å². The molecule has 0 spiro atoms. The van der Waals surface area contributed by atoms with Gasteiger partial charge in [-0.2, -0.15) is 8.42 Å². The van der Waals surface area contributed by atoms with Gasteiger partial charge >= 0.3 is 0 Å². The van der Waals surface area contributed by atoms with Gasteiger partial charge in [-0.15, -0.1) is 0 Å². The van der Waals surface area contributed by atoms with E-state index in [2.05, 4.69) is 9.28 Å². The van der Waals surface area contributed by atoms with E-state index < -0.39 is 10.1 Å². The molecule has 8 heteroatoms. The van der Waals surface area contributed by atoms with Crippen LogP contribution in [0.25, 0.3) is 10.9 Å². The van der Waals surface area contributed by atoms with Crippen molar-refractivity contribution >= 4 is 26.9 Å². The molecule has 1 aromatic heterocycles. The van der Waals surface area contributed by atoms with E-state index in [0.717, 1.165) is 12.5 Å². The summed E-state index contributed by atoms with van der Waals surface area (Å²) >= 11 is 0. The molecule has 2 aromatic rings. The van der Waals surface area contributed by atoms with Crippen LogP contribution in [0.3, 0.4) is 0 Å². The zero-order valence-corrected chi connectivity index (χ0v) is 13.5. The molecule has 22 heavy (non-hydrogen) atoms. The Morgan fingerprint density at radius 2 is 2.05 bits per heavy atom. The predicted molar refractivity (Wildman–Crippen MR) is 80.8 cm³/mol. The molecule has 0 unspecified atom stereocenters. The van der Waals surface area contributed by atoms with Gasteiger partial charge in [-0.05, 0) is 6.07 Å². The summed E-state index contributed by atoms with van der Waals surface area (Å²) in [5, 5.41) is 5.18. The van der Waals surface area contributed by atoms with Crippen LogP contribution in [0.15, 0.2) is 30.5 Å². The summed E-state index contributed by atoms with van der Waals surface area (Å²) in [6.07, 6.45) is 1.68. The van der Waals surface area contributed by atoms with E-state index in [9.17, 15) is 13.2 Å². The number of aryl methyl sites for hydroxylation is 1. The van der Waals surface area contributed by atoms with E-state index in [1.807, 2.05) is 6.07 Å². The maximum atomic E-state index is 12.2. The van der Waals surface area contributed by atoms with Gasteiger partial charge < -0.3 is 4.90 Å². The van der Waals surface area contributed by atoms with E-state index in [-0.39, 0.29) is 18.2 Å². The van der Waals surface area contributed by atoms with Crippen molar-refractivity contribution < 1.29 is 22.1 Å². The number of carbonyl (C=O) groups excluding carboxylic acids is 1. The predicted octanol–water partition coefficient (Wildman–Crippen LogP) is 0.200. The standard InChI is InChI=1S/C14H18N3O4S/c1-16(2)14(18)12-6-4-5-11-7-8-17(15-13(11)12)9-10-22(19,20)21-3/h4-8H,9-10H2,1-3H3/q+1. The van der Waals surface area contributed by atoms with Gasteiger partial charge in [0.05, 0.1) is 12.7 Å². The van der Waals surface area contributed by atoms with Gasteiger partial charge in [0.15, 0.2) is 18.3 Å². The monoisotopic (exact) mass is 324 g/mol. The first-order chi connectivity index (χ1) is 10.3. The molecule has 0 saturated carbocycles. The highest BCUT2D eigenvalue weighted by Gasteiger charge is 2.18. The van der Waals surface area contributed by atoms with Crippen molar-refractivity contribution in [3.8, 4) is 0 Å². The minimum absolute atomic E-state index is 0.149. The van der Waals surface area contributed by atoms with Gasteiger partial charge in [-0.3, -0.25) is 8.98 Å². The van der Waals surface area contributed by atoms with Crippen molar-refractivity contribution in [1.82, 2.24) is 10.00 Å². The minimum Gasteiger partial charge on any atom is -0.345 e. The second kappa shape index (κ2) is 6.37. The maximum Gasteiger partial charge on any atom is 0.273 e. The molecule has 0 N–H and O–H groups in total. The van der Waals surface area contributed by atoms with Crippen LogP contribution in [0, 0.1) is 0 Å². The summed E-state index contributed by atoms with van der Waals surface area (Å²) in [7, 11) is 0.920. The summed E-state index contributed by atoms with van der Waals surface area (Å²) in [5.74, 6) is -0.337. The van der Waals surface area contributed by atoms with Gasteiger partial charge in [0, 0.05) is 30.6 Å². The number of rotatable bonds is 5. The first-order valence-electron chi connectivity index (χ1n) is 6.63. The minimum atomic E-state index is -3.55. The third-order valence-corrected chi connectivity index (χ3v) is 4.37. The largest absolute Gasteiger partial charge is 0.345 e. The van der Waals surface area contributed by atoms with E-state index in [0.29, 0.717) is 11.1 Å². The third kappa shape index (κ3) is 3.58. The molecule has 0 aliphatic carbocycles. The lowest BCUT2D eigenvalue weighted by atomic mass is 10.1. The zero-order valence-electron chi connectivity index (χ0n) is 12.7. The second-order valence-electron chi connectivity index (χ2n) is 4.95. The molecule has 0 fully saturated rings. The Balaban J connectivity index is 2.40. The van der Waals surface area contributed by atoms with Gasteiger partial charge in [-0.1, -0.05) is 16.8 Å². The van der Waals surface area contributed by atoms with Crippen molar-refractivity contribution in [1.29, 1.82) is 0 Å². The summed E-state index contributed by atoms with van der Waals surface area (Å²) in [6.45, 7) is 0.149. The Kier molecular flexibility index (Phi) is 4.72. The molecule has 118 valence electrons. The Morgan fingerprint density at radius 3 is 2.68 bits per heavy atom. The van der Waals surface area contributed by atoms with Crippen LogP contribution in [0.1, 0.15) is 10.4 Å². The quantitative estimate of drug-likeness (QED) is 0.580. The number of nitrogens with zero attached hydrogens (tertiary/aromatic N) is 3. The van der Waals surface area contributed by atoms with Crippen LogP contribution >= 0.6 is 0 Å². The number of aromatic nitrogens is 2. The van der Waals surface area contributed by atoms with Crippen molar-refractivity contribution in [2.45, 2.75) is 6.54 Å². The average Bonchev–Trinajstić information content (AvgIpc) is 2.51. The molecule has 1 heterocycles. The summed E-state index contributed by atoms with van der Waals surface area (Å²) < 4.78 is 28.7. The van der Waals surface area contributed by atoms with Crippen LogP contribution in [0.5, 0.6) is 0 Å². The molecule has 1 aromatic carbocycles. The Hall–Kier alpha value is -2.06. The molecular weight excluding hydrogens is 306 g/mol. The molecule has 0 saturated heterocycles. The number of benzene rings is 1. The molecule has 0 radical (unpaired) electrons. The second-order valence-corrected chi connectivity index (χ2v) is 6.81. The highest BCUT2D eigenvalue weighted by atomic mass is 32.2. The first kappa shape index (κ1) is 16.3. The number of amides is 1. The van der Waals surface area contributed by atoms with Crippen molar-refractivity contribution in [3.63, 3.8) is 0 Å². The van der Waals surface area contributed by atoms with Gasteiger partial charge in [0.1, 0.15) is 5.75 Å². The van der Waals surface area contributed by atoms with Crippen LogP contribution in [-0.4, -0.2) is 51.3 Å². The lowest BCUT2D eigenvalue weighted by Gasteiger charge is -2.10. The lowest BCUT2D eigenvalue weighted by molar-refractivity contribution is -0.747. The fourth-order valence-electron chi connectivity index (χ4n) is 1.96. The molecule has 7 nitrogen and oxygen atoms in total. The summed E-state index contributed by atoms with van der Waals surface area (Å²) in [4.78, 5) is 13.7. The SMILES string of the molecule is COS(=O)(=O)CC[n+]1ccc2cccc(C(=O)N(C)C)c2n1. The number of fused-ring (bicyclic) bond motifs is 1. The lowest BCUT2D eigenvalue weighted by Crippen LogP contribution is -2.41. The number of carbonyl (C=O) groups is 1. The molecule has 0 aliphatic heterocycles. The summed E-state index contributed by atoms with van der Waals surface area (Å²) in [5.41, 5.74) is 1.02. The van der Waals surface area contributed by atoms with Gasteiger partial charge in [-0.25, -0.2) is 0 Å². The Bertz CT molecular complexity index is 803. The molecular formula is C14H18N3O4S+. The van der Waals surface area contributed by atoms with E-state index in [1.165, 1.54) is 9.58 Å². The van der Waals surface area contributed by atoms with E-state index in [4.69, 9.17) is 0 Å². The van der Waals surface area contributed by atoms with E-state index >= 15 is 0 Å². The average molecular weight is 324 g/mol. The fraction of sp³-hybridized carbons (Fsp3) is 0.357. The fourth-order valence-corrected chi connectivity index (χ4v) is 2.54. The van der Waals surface area contributed by atoms with Gasteiger partial charge in [0.2, 0.25) is 0 Å². The molecule has 1 amide bonds.